The molecule has 5 rings (SSSR count). The summed E-state index contributed by atoms with van der Waals surface area (Å²) in [5, 5.41) is 12.2. The van der Waals surface area contributed by atoms with Crippen molar-refractivity contribution in [3.05, 3.63) is 105 Å². The summed E-state index contributed by atoms with van der Waals surface area (Å²) in [7, 11) is 1.62. The molecule has 1 aromatic heterocycles. The predicted molar refractivity (Wildman–Crippen MR) is 143 cm³/mol. The van der Waals surface area contributed by atoms with Crippen LogP contribution in [0.3, 0.4) is 0 Å². The lowest BCUT2D eigenvalue weighted by Gasteiger charge is -2.25. The van der Waals surface area contributed by atoms with Crippen LogP contribution in [0.1, 0.15) is 28.3 Å². The van der Waals surface area contributed by atoms with E-state index in [1.165, 1.54) is 0 Å². The number of aromatic nitrogens is 1. The van der Waals surface area contributed by atoms with E-state index >= 15 is 0 Å². The third kappa shape index (κ3) is 4.31. The van der Waals surface area contributed by atoms with Crippen molar-refractivity contribution in [3.63, 3.8) is 0 Å². The summed E-state index contributed by atoms with van der Waals surface area (Å²) >= 11 is 3.39. The fourth-order valence-electron chi connectivity index (χ4n) is 4.70. The van der Waals surface area contributed by atoms with Crippen LogP contribution in [-0.4, -0.2) is 40.3 Å². The van der Waals surface area contributed by atoms with Crippen LogP contribution in [0.15, 0.2) is 83.0 Å². The molecule has 2 heterocycles. The third-order valence-corrected chi connectivity index (χ3v) is 7.18. The Kier molecular flexibility index (Phi) is 6.41. The van der Waals surface area contributed by atoms with Gasteiger partial charge in [-0.2, -0.15) is 0 Å². The van der Waals surface area contributed by atoms with Gasteiger partial charge in [0.2, 0.25) is 0 Å². The highest BCUT2D eigenvalue weighted by Gasteiger charge is 2.45. The fourth-order valence-corrected chi connectivity index (χ4v) is 4.97. The van der Waals surface area contributed by atoms with E-state index in [0.717, 1.165) is 37.8 Å². The Morgan fingerprint density at radius 2 is 1.78 bits per heavy atom. The van der Waals surface area contributed by atoms with Crippen molar-refractivity contribution in [2.45, 2.75) is 19.4 Å². The van der Waals surface area contributed by atoms with E-state index in [0.29, 0.717) is 18.5 Å². The molecule has 1 unspecified atom stereocenters. The summed E-state index contributed by atoms with van der Waals surface area (Å²) < 4.78 is 6.22. The van der Waals surface area contributed by atoms with Crippen LogP contribution in [0.25, 0.3) is 16.7 Å². The number of rotatable bonds is 6. The number of amides is 1. The number of ketones is 1. The van der Waals surface area contributed by atoms with Crippen molar-refractivity contribution in [1.82, 2.24) is 9.88 Å². The molecule has 0 bridgehead atoms. The molecule has 1 saturated heterocycles. The lowest BCUT2D eigenvalue weighted by Crippen LogP contribution is -2.31. The largest absolute Gasteiger partial charge is 0.507 e. The zero-order valence-electron chi connectivity index (χ0n) is 19.9. The summed E-state index contributed by atoms with van der Waals surface area (Å²) in [6.45, 7) is 2.29. The second kappa shape index (κ2) is 9.66. The van der Waals surface area contributed by atoms with E-state index in [1.807, 2.05) is 55.6 Å². The maximum Gasteiger partial charge on any atom is 0.295 e. The average Bonchev–Trinajstić information content (AvgIpc) is 3.40. The zero-order chi connectivity index (χ0) is 25.4. The van der Waals surface area contributed by atoms with Gasteiger partial charge < -0.3 is 19.7 Å². The van der Waals surface area contributed by atoms with Crippen LogP contribution in [0.5, 0.6) is 5.75 Å². The number of carbonyl (C=O) groups excluding carboxylic acids is 2. The van der Waals surface area contributed by atoms with E-state index in [-0.39, 0.29) is 11.3 Å². The number of aromatic amines is 1. The van der Waals surface area contributed by atoms with Crippen molar-refractivity contribution in [3.8, 4) is 5.75 Å². The van der Waals surface area contributed by atoms with Gasteiger partial charge in [0.1, 0.15) is 11.5 Å². The molecule has 4 aromatic rings. The quantitative estimate of drug-likeness (QED) is 0.179. The number of Topliss-reactive ketones (excluding diaryl/α,β-unsaturated/α-hetero) is 1. The standard InChI is InChI=1S/C29H25BrN2O4/c1-17-3-5-18(6-4-17)26-25(27(33)19-7-9-21(30)10-8-19)28(34)29(35)32(26)14-13-20-16-31-24-12-11-22(36-2)15-23(20)24/h3-12,15-16,26,31,33H,13-14H2,1-2H3/b27-25-. The molecule has 36 heavy (non-hydrogen) atoms. The third-order valence-electron chi connectivity index (χ3n) is 6.65. The maximum absolute atomic E-state index is 13.3. The summed E-state index contributed by atoms with van der Waals surface area (Å²) in [4.78, 5) is 31.4. The summed E-state index contributed by atoms with van der Waals surface area (Å²) in [6.07, 6.45) is 2.45. The number of hydrogen-bond donors (Lipinski definition) is 2. The van der Waals surface area contributed by atoms with Gasteiger partial charge in [-0.1, -0.05) is 57.9 Å². The van der Waals surface area contributed by atoms with Crippen LogP contribution in [-0.2, 0) is 16.0 Å². The molecular weight excluding hydrogens is 520 g/mol. The first-order chi connectivity index (χ1) is 17.4. The molecule has 1 aliphatic heterocycles. The number of methoxy groups -OCH3 is 1. The van der Waals surface area contributed by atoms with Crippen molar-refractivity contribution in [2.75, 3.05) is 13.7 Å². The molecule has 2 N–H and O–H groups in total. The molecule has 1 fully saturated rings. The van der Waals surface area contributed by atoms with Crippen molar-refractivity contribution in [1.29, 1.82) is 0 Å². The molecule has 182 valence electrons. The SMILES string of the molecule is COc1ccc2[nH]cc(CCN3C(=O)C(=O)/C(=C(\O)c4ccc(Br)cc4)C3c3ccc(C)cc3)c2c1. The molecule has 0 saturated carbocycles. The van der Waals surface area contributed by atoms with Crippen LogP contribution >= 0.6 is 15.9 Å². The number of hydrogen-bond acceptors (Lipinski definition) is 4. The first-order valence-corrected chi connectivity index (χ1v) is 12.4. The van der Waals surface area contributed by atoms with E-state index in [2.05, 4.69) is 20.9 Å². The van der Waals surface area contributed by atoms with Gasteiger partial charge in [-0.15, -0.1) is 0 Å². The number of fused-ring (bicyclic) bond motifs is 1. The number of carbonyl (C=O) groups is 2. The molecule has 7 heteroatoms. The number of nitrogens with zero attached hydrogens (tertiary/aromatic N) is 1. The minimum absolute atomic E-state index is 0.103. The average molecular weight is 545 g/mol. The molecule has 6 nitrogen and oxygen atoms in total. The lowest BCUT2D eigenvalue weighted by molar-refractivity contribution is -0.139. The summed E-state index contributed by atoms with van der Waals surface area (Å²) in [6, 6.07) is 19.8. The highest BCUT2D eigenvalue weighted by molar-refractivity contribution is 9.10. The number of ether oxygens (including phenoxy) is 1. The lowest BCUT2D eigenvalue weighted by atomic mass is 9.94. The Bertz CT molecular complexity index is 1490. The first-order valence-electron chi connectivity index (χ1n) is 11.6. The number of benzene rings is 3. The van der Waals surface area contributed by atoms with Gasteiger partial charge in [0.15, 0.2) is 0 Å². The number of nitrogens with one attached hydrogen (secondary N) is 1. The van der Waals surface area contributed by atoms with Gasteiger partial charge in [0.05, 0.1) is 18.7 Å². The van der Waals surface area contributed by atoms with E-state index < -0.39 is 17.7 Å². The van der Waals surface area contributed by atoms with Crippen LogP contribution < -0.4 is 4.74 Å². The highest BCUT2D eigenvalue weighted by atomic mass is 79.9. The number of aryl methyl sites for hydroxylation is 1. The molecule has 1 atom stereocenters. The number of aliphatic hydroxyl groups is 1. The number of halogens is 1. The monoisotopic (exact) mass is 544 g/mol. The Hall–Kier alpha value is -3.84. The van der Waals surface area contributed by atoms with E-state index in [9.17, 15) is 14.7 Å². The molecule has 0 spiro atoms. The van der Waals surface area contributed by atoms with Gasteiger partial charge in [0.25, 0.3) is 11.7 Å². The number of aliphatic hydroxyl groups excluding tert-OH is 1. The topological polar surface area (TPSA) is 82.6 Å². The summed E-state index contributed by atoms with van der Waals surface area (Å²) in [5.41, 5.74) is 4.42. The molecule has 1 amide bonds. The Labute approximate surface area is 217 Å². The molecule has 1 aliphatic rings. The van der Waals surface area contributed by atoms with Gasteiger partial charge in [-0.05, 0) is 54.8 Å². The Balaban J connectivity index is 1.55. The van der Waals surface area contributed by atoms with Crippen LogP contribution in [0, 0.1) is 6.92 Å². The second-order valence-corrected chi connectivity index (χ2v) is 9.80. The Morgan fingerprint density at radius 1 is 1.06 bits per heavy atom. The fraction of sp³-hybridized carbons (Fsp3) is 0.172. The molecule has 3 aromatic carbocycles. The van der Waals surface area contributed by atoms with Gasteiger partial charge in [-0.25, -0.2) is 0 Å². The van der Waals surface area contributed by atoms with Crippen LogP contribution in [0.4, 0.5) is 0 Å². The van der Waals surface area contributed by atoms with E-state index in [4.69, 9.17) is 4.74 Å². The predicted octanol–water partition coefficient (Wildman–Crippen LogP) is 5.91. The molecule has 0 aliphatic carbocycles. The van der Waals surface area contributed by atoms with Gasteiger partial charge in [0, 0.05) is 33.7 Å². The molecule has 0 radical (unpaired) electrons. The van der Waals surface area contributed by atoms with Crippen molar-refractivity contribution in [2.24, 2.45) is 0 Å². The maximum atomic E-state index is 13.3. The first kappa shape index (κ1) is 23.9. The smallest absolute Gasteiger partial charge is 0.295 e. The van der Waals surface area contributed by atoms with Crippen LogP contribution in [0.2, 0.25) is 0 Å². The molecular formula is C29H25BrN2O4. The van der Waals surface area contributed by atoms with Crippen molar-refractivity contribution < 1.29 is 19.4 Å². The summed E-state index contributed by atoms with van der Waals surface area (Å²) in [5.74, 6) is -0.720. The zero-order valence-corrected chi connectivity index (χ0v) is 21.5. The minimum atomic E-state index is -0.686. The van der Waals surface area contributed by atoms with Gasteiger partial charge in [-0.3, -0.25) is 9.59 Å². The second-order valence-electron chi connectivity index (χ2n) is 8.89. The normalized spacial score (nSPS) is 17.2. The van der Waals surface area contributed by atoms with E-state index in [1.54, 1.807) is 36.3 Å². The minimum Gasteiger partial charge on any atom is -0.507 e. The van der Waals surface area contributed by atoms with Gasteiger partial charge >= 0.3 is 0 Å². The Morgan fingerprint density at radius 3 is 2.47 bits per heavy atom. The highest BCUT2D eigenvalue weighted by Crippen LogP contribution is 2.40. The number of likely N-dealkylation sites (tertiary alicyclic amines) is 1. The number of H-pyrrole nitrogens is 1. The van der Waals surface area contributed by atoms with Crippen molar-refractivity contribution >= 4 is 44.3 Å².